The fourth-order valence-electron chi connectivity index (χ4n) is 1.37. The van der Waals surface area contributed by atoms with Gasteiger partial charge in [-0.2, -0.15) is 0 Å². The highest BCUT2D eigenvalue weighted by Gasteiger charge is 2.14. The normalized spacial score (nSPS) is 10.2. The fraction of sp³-hybridized carbons (Fsp3) is 0.417. The second-order valence-electron chi connectivity index (χ2n) is 3.70. The van der Waals surface area contributed by atoms with Gasteiger partial charge in [-0.25, -0.2) is 0 Å². The Morgan fingerprint density at radius 1 is 1.38 bits per heavy atom. The maximum atomic E-state index is 12.1. The van der Waals surface area contributed by atoms with E-state index in [-0.39, 0.29) is 5.91 Å². The Balaban J connectivity index is 2.79. The van der Waals surface area contributed by atoms with E-state index in [1.165, 1.54) is 0 Å². The summed E-state index contributed by atoms with van der Waals surface area (Å²) < 4.78 is 1.79. The molecule has 1 aromatic rings. The molecular formula is C12H15Br2NO. The van der Waals surface area contributed by atoms with Gasteiger partial charge in [-0.1, -0.05) is 29.3 Å². The summed E-state index contributed by atoms with van der Waals surface area (Å²) in [5.74, 6) is 0.0628. The molecule has 0 unspecified atom stereocenters. The first kappa shape index (κ1) is 13.7. The smallest absolute Gasteiger partial charge is 0.254 e. The number of amides is 1. The van der Waals surface area contributed by atoms with Gasteiger partial charge < -0.3 is 4.90 Å². The largest absolute Gasteiger partial charge is 0.342 e. The molecule has 1 aromatic carbocycles. The summed E-state index contributed by atoms with van der Waals surface area (Å²) in [5, 5.41) is 0. The van der Waals surface area contributed by atoms with Crippen molar-refractivity contribution in [2.75, 3.05) is 13.6 Å². The summed E-state index contributed by atoms with van der Waals surface area (Å²) in [6.07, 6.45) is 2.13. The first-order valence-electron chi connectivity index (χ1n) is 5.26. The average molecular weight is 349 g/mol. The predicted molar refractivity (Wildman–Crippen MR) is 73.7 cm³/mol. The maximum Gasteiger partial charge on any atom is 0.254 e. The fourth-order valence-corrected chi connectivity index (χ4v) is 2.58. The van der Waals surface area contributed by atoms with Gasteiger partial charge in [-0.15, -0.1) is 0 Å². The molecule has 0 aliphatic rings. The van der Waals surface area contributed by atoms with E-state index in [1.54, 1.807) is 4.90 Å². The first-order chi connectivity index (χ1) is 7.56. The Morgan fingerprint density at radius 3 is 2.62 bits per heavy atom. The summed E-state index contributed by atoms with van der Waals surface area (Å²) in [7, 11) is 1.84. The van der Waals surface area contributed by atoms with Crippen LogP contribution < -0.4 is 0 Å². The number of hydrogen-bond donors (Lipinski definition) is 0. The summed E-state index contributed by atoms with van der Waals surface area (Å²) in [4.78, 5) is 13.8. The second kappa shape index (κ2) is 6.40. The van der Waals surface area contributed by atoms with Crippen molar-refractivity contribution in [3.05, 3.63) is 32.7 Å². The standard InChI is InChI=1S/C12H15Br2NO/c1-3-4-7-15(2)12(16)10-6-5-9(13)8-11(10)14/h5-6,8H,3-4,7H2,1-2H3. The third kappa shape index (κ3) is 3.59. The van der Waals surface area contributed by atoms with Crippen molar-refractivity contribution < 1.29 is 4.79 Å². The highest BCUT2D eigenvalue weighted by atomic mass is 79.9. The lowest BCUT2D eigenvalue weighted by Crippen LogP contribution is -2.27. The Kier molecular flexibility index (Phi) is 5.49. The van der Waals surface area contributed by atoms with Crippen molar-refractivity contribution in [3.8, 4) is 0 Å². The Morgan fingerprint density at radius 2 is 2.06 bits per heavy atom. The minimum absolute atomic E-state index is 0.0628. The van der Waals surface area contributed by atoms with E-state index in [2.05, 4.69) is 38.8 Å². The molecule has 0 bridgehead atoms. The van der Waals surface area contributed by atoms with Gasteiger partial charge in [0.1, 0.15) is 0 Å². The Hall–Kier alpha value is -0.350. The van der Waals surface area contributed by atoms with Crippen molar-refractivity contribution in [2.24, 2.45) is 0 Å². The summed E-state index contributed by atoms with van der Waals surface area (Å²) >= 11 is 6.78. The monoisotopic (exact) mass is 347 g/mol. The molecule has 1 rings (SSSR count). The minimum Gasteiger partial charge on any atom is -0.342 e. The molecule has 0 aliphatic carbocycles. The molecule has 16 heavy (non-hydrogen) atoms. The summed E-state index contributed by atoms with van der Waals surface area (Å²) in [6.45, 7) is 2.92. The predicted octanol–water partition coefficient (Wildman–Crippen LogP) is 4.08. The molecule has 2 nitrogen and oxygen atoms in total. The van der Waals surface area contributed by atoms with E-state index in [1.807, 2.05) is 25.2 Å². The average Bonchev–Trinajstić information content (AvgIpc) is 2.25. The van der Waals surface area contributed by atoms with Crippen molar-refractivity contribution in [3.63, 3.8) is 0 Å². The molecule has 0 saturated heterocycles. The molecule has 0 atom stereocenters. The van der Waals surface area contributed by atoms with Crippen LogP contribution in [-0.2, 0) is 0 Å². The highest BCUT2D eigenvalue weighted by molar-refractivity contribution is 9.11. The molecule has 1 amide bonds. The van der Waals surface area contributed by atoms with E-state index in [4.69, 9.17) is 0 Å². The van der Waals surface area contributed by atoms with Gasteiger partial charge in [0.25, 0.3) is 5.91 Å². The van der Waals surface area contributed by atoms with Gasteiger partial charge in [-0.3, -0.25) is 4.79 Å². The zero-order valence-electron chi connectivity index (χ0n) is 9.46. The van der Waals surface area contributed by atoms with E-state index in [0.29, 0.717) is 5.56 Å². The number of carbonyl (C=O) groups is 1. The van der Waals surface area contributed by atoms with Crippen molar-refractivity contribution in [1.29, 1.82) is 0 Å². The number of rotatable bonds is 4. The van der Waals surface area contributed by atoms with E-state index in [0.717, 1.165) is 28.3 Å². The van der Waals surface area contributed by atoms with Gasteiger partial charge in [0.05, 0.1) is 5.56 Å². The number of halogens is 2. The van der Waals surface area contributed by atoms with Crippen LogP contribution in [0, 0.1) is 0 Å². The summed E-state index contributed by atoms with van der Waals surface area (Å²) in [5.41, 5.74) is 0.710. The maximum absolute atomic E-state index is 12.1. The van der Waals surface area contributed by atoms with Crippen LogP contribution >= 0.6 is 31.9 Å². The zero-order valence-corrected chi connectivity index (χ0v) is 12.6. The molecule has 0 heterocycles. The van der Waals surface area contributed by atoms with Crippen LogP contribution in [-0.4, -0.2) is 24.4 Å². The van der Waals surface area contributed by atoms with Crippen LogP contribution in [0.3, 0.4) is 0 Å². The molecule has 4 heteroatoms. The third-order valence-corrected chi connectivity index (χ3v) is 3.50. The minimum atomic E-state index is 0.0628. The molecule has 0 N–H and O–H groups in total. The second-order valence-corrected chi connectivity index (χ2v) is 5.47. The van der Waals surface area contributed by atoms with Crippen LogP contribution in [0.25, 0.3) is 0 Å². The van der Waals surface area contributed by atoms with Gasteiger partial charge >= 0.3 is 0 Å². The summed E-state index contributed by atoms with van der Waals surface area (Å²) in [6, 6.07) is 5.60. The van der Waals surface area contributed by atoms with Crippen LogP contribution in [0.15, 0.2) is 27.1 Å². The van der Waals surface area contributed by atoms with Crippen LogP contribution in [0.2, 0.25) is 0 Å². The number of benzene rings is 1. The van der Waals surface area contributed by atoms with Crippen LogP contribution in [0.5, 0.6) is 0 Å². The number of unbranched alkanes of at least 4 members (excludes halogenated alkanes) is 1. The highest BCUT2D eigenvalue weighted by Crippen LogP contribution is 2.22. The van der Waals surface area contributed by atoms with Crippen molar-refractivity contribution >= 4 is 37.8 Å². The van der Waals surface area contributed by atoms with Gasteiger partial charge in [0.2, 0.25) is 0 Å². The third-order valence-electron chi connectivity index (χ3n) is 2.36. The van der Waals surface area contributed by atoms with E-state index >= 15 is 0 Å². The van der Waals surface area contributed by atoms with Gasteiger partial charge in [-0.05, 0) is 40.5 Å². The van der Waals surface area contributed by atoms with E-state index < -0.39 is 0 Å². The number of hydrogen-bond acceptors (Lipinski definition) is 1. The van der Waals surface area contributed by atoms with Gasteiger partial charge in [0, 0.05) is 22.5 Å². The van der Waals surface area contributed by atoms with E-state index in [9.17, 15) is 4.79 Å². The number of carbonyl (C=O) groups excluding carboxylic acids is 1. The molecule has 0 saturated carbocycles. The molecule has 0 fully saturated rings. The number of nitrogens with zero attached hydrogens (tertiary/aromatic N) is 1. The first-order valence-corrected chi connectivity index (χ1v) is 6.85. The SMILES string of the molecule is CCCCN(C)C(=O)c1ccc(Br)cc1Br. The molecule has 88 valence electrons. The van der Waals surface area contributed by atoms with Crippen LogP contribution in [0.1, 0.15) is 30.1 Å². The van der Waals surface area contributed by atoms with Crippen molar-refractivity contribution in [1.82, 2.24) is 4.90 Å². The molecule has 0 aromatic heterocycles. The van der Waals surface area contributed by atoms with Crippen molar-refractivity contribution in [2.45, 2.75) is 19.8 Å². The molecular weight excluding hydrogens is 334 g/mol. The zero-order chi connectivity index (χ0) is 12.1. The molecule has 0 spiro atoms. The quantitative estimate of drug-likeness (QED) is 0.802. The van der Waals surface area contributed by atoms with Gasteiger partial charge in [0.15, 0.2) is 0 Å². The topological polar surface area (TPSA) is 20.3 Å². The lowest BCUT2D eigenvalue weighted by Gasteiger charge is -2.17. The Bertz CT molecular complexity index is 379. The molecule has 0 radical (unpaired) electrons. The Labute approximate surface area is 113 Å². The lowest BCUT2D eigenvalue weighted by atomic mass is 10.2. The molecule has 0 aliphatic heterocycles. The lowest BCUT2D eigenvalue weighted by molar-refractivity contribution is 0.0792. The van der Waals surface area contributed by atoms with Crippen LogP contribution in [0.4, 0.5) is 0 Å².